The van der Waals surface area contributed by atoms with Gasteiger partial charge in [-0.1, -0.05) is 25.5 Å². The monoisotopic (exact) mass is 453 g/mol. The maximum atomic E-state index is 13.0. The molecule has 0 aromatic heterocycles. The van der Waals surface area contributed by atoms with Gasteiger partial charge in [0.1, 0.15) is 17.6 Å². The molecule has 1 aromatic rings. The van der Waals surface area contributed by atoms with Crippen LogP contribution in [-0.2, 0) is 34.5 Å². The van der Waals surface area contributed by atoms with Crippen LogP contribution in [0, 0.1) is 0 Å². The lowest BCUT2D eigenvalue weighted by Crippen LogP contribution is -2.55. The molecule has 170 valence electrons. The lowest BCUT2D eigenvalue weighted by molar-refractivity contribution is -0.150. The molecule has 0 saturated carbocycles. The highest BCUT2D eigenvalue weighted by Crippen LogP contribution is 2.29. The Hall–Kier alpha value is -2.95. The average molecular weight is 454 g/mol. The number of sulfone groups is 1. The first-order valence-corrected chi connectivity index (χ1v) is 11.5. The number of carbonyl (C=O) groups is 4. The van der Waals surface area contributed by atoms with Crippen molar-refractivity contribution in [1.29, 1.82) is 0 Å². The number of nitrogens with zero attached hydrogens (tertiary/aromatic N) is 1. The molecule has 0 bridgehead atoms. The van der Waals surface area contributed by atoms with Gasteiger partial charge in [0.25, 0.3) is 5.91 Å². The molecule has 1 aliphatic rings. The number of methoxy groups -OCH3 is 1. The molecule has 1 heterocycles. The summed E-state index contributed by atoms with van der Waals surface area (Å²) in [5.74, 6) is -1.99. The van der Waals surface area contributed by atoms with E-state index in [1.807, 2.05) is 6.92 Å². The number of hydrogen-bond acceptors (Lipinski definition) is 7. The second kappa shape index (κ2) is 8.66. The second-order valence-corrected chi connectivity index (χ2v) is 9.88. The van der Waals surface area contributed by atoms with E-state index in [9.17, 15) is 27.6 Å². The SMILES string of the molecule is CCC[C@](C)(NC(=O)CN1C(=O)N[C@@](C)(c2ccc(S(C)(=O)=O)cc2)C1=O)C(=O)OC. The Morgan fingerprint density at radius 2 is 1.81 bits per heavy atom. The van der Waals surface area contributed by atoms with Gasteiger partial charge < -0.3 is 15.4 Å². The zero-order valence-corrected chi connectivity index (χ0v) is 19.0. The van der Waals surface area contributed by atoms with E-state index in [2.05, 4.69) is 10.6 Å². The molecule has 2 N–H and O–H groups in total. The molecule has 0 aliphatic carbocycles. The maximum Gasteiger partial charge on any atom is 0.331 e. The van der Waals surface area contributed by atoms with Crippen molar-refractivity contribution >= 4 is 33.7 Å². The molecule has 2 atom stereocenters. The van der Waals surface area contributed by atoms with Crippen molar-refractivity contribution in [2.75, 3.05) is 19.9 Å². The number of amides is 4. The number of nitrogens with one attached hydrogen (secondary N) is 2. The fraction of sp³-hybridized carbons (Fsp3) is 0.500. The van der Waals surface area contributed by atoms with Gasteiger partial charge >= 0.3 is 12.0 Å². The first-order chi connectivity index (χ1) is 14.3. The summed E-state index contributed by atoms with van der Waals surface area (Å²) in [4.78, 5) is 50.9. The lowest BCUT2D eigenvalue weighted by atomic mass is 9.92. The van der Waals surface area contributed by atoms with Crippen LogP contribution < -0.4 is 10.6 Å². The average Bonchev–Trinajstić information content (AvgIpc) is 2.90. The van der Waals surface area contributed by atoms with Crippen LogP contribution in [0.15, 0.2) is 29.2 Å². The van der Waals surface area contributed by atoms with Crippen LogP contribution in [0.5, 0.6) is 0 Å². The minimum Gasteiger partial charge on any atom is -0.467 e. The Bertz CT molecular complexity index is 1010. The van der Waals surface area contributed by atoms with Crippen molar-refractivity contribution in [3.05, 3.63) is 29.8 Å². The first-order valence-electron chi connectivity index (χ1n) is 9.62. The summed E-state index contributed by atoms with van der Waals surface area (Å²) in [5.41, 5.74) is -2.39. The summed E-state index contributed by atoms with van der Waals surface area (Å²) in [6.45, 7) is 4.24. The predicted molar refractivity (Wildman–Crippen MR) is 111 cm³/mol. The number of benzene rings is 1. The van der Waals surface area contributed by atoms with Crippen molar-refractivity contribution in [2.24, 2.45) is 0 Å². The minimum atomic E-state index is -3.42. The summed E-state index contributed by atoms with van der Waals surface area (Å²) >= 11 is 0. The Balaban J connectivity index is 2.21. The van der Waals surface area contributed by atoms with Gasteiger partial charge in [0.05, 0.1) is 12.0 Å². The number of ether oxygens (including phenoxy) is 1. The molecule has 0 spiro atoms. The summed E-state index contributed by atoms with van der Waals surface area (Å²) in [5, 5.41) is 5.10. The third-order valence-electron chi connectivity index (χ3n) is 5.24. The fourth-order valence-electron chi connectivity index (χ4n) is 3.50. The Morgan fingerprint density at radius 3 is 2.29 bits per heavy atom. The second-order valence-electron chi connectivity index (χ2n) is 7.86. The topological polar surface area (TPSA) is 139 Å². The molecule has 4 amide bonds. The number of urea groups is 1. The Kier molecular flexibility index (Phi) is 6.79. The van der Waals surface area contributed by atoms with Gasteiger partial charge in [0.2, 0.25) is 5.91 Å². The molecule has 11 heteroatoms. The van der Waals surface area contributed by atoms with Crippen LogP contribution in [0.3, 0.4) is 0 Å². The molecule has 0 unspecified atom stereocenters. The number of carbonyl (C=O) groups excluding carboxylic acids is 4. The first kappa shape index (κ1) is 24.3. The van der Waals surface area contributed by atoms with Crippen LogP contribution in [0.25, 0.3) is 0 Å². The highest BCUT2D eigenvalue weighted by atomic mass is 32.2. The Labute approximate surface area is 181 Å². The third kappa shape index (κ3) is 4.87. The predicted octanol–water partition coefficient (Wildman–Crippen LogP) is 0.705. The van der Waals surface area contributed by atoms with Crippen molar-refractivity contribution in [3.63, 3.8) is 0 Å². The van der Waals surface area contributed by atoms with E-state index < -0.39 is 51.3 Å². The van der Waals surface area contributed by atoms with Crippen molar-refractivity contribution in [3.8, 4) is 0 Å². The van der Waals surface area contributed by atoms with E-state index in [0.29, 0.717) is 18.4 Å². The van der Waals surface area contributed by atoms with E-state index in [1.54, 1.807) is 0 Å². The molecule has 1 aliphatic heterocycles. The summed E-state index contributed by atoms with van der Waals surface area (Å²) < 4.78 is 28.0. The molecule has 10 nitrogen and oxygen atoms in total. The number of rotatable bonds is 8. The van der Waals surface area contributed by atoms with Crippen LogP contribution in [-0.4, -0.2) is 62.6 Å². The largest absolute Gasteiger partial charge is 0.467 e. The minimum absolute atomic E-state index is 0.0749. The van der Waals surface area contributed by atoms with Crippen LogP contribution in [0.4, 0.5) is 4.79 Å². The number of esters is 1. The van der Waals surface area contributed by atoms with Gasteiger partial charge in [0, 0.05) is 6.26 Å². The normalized spacial score (nSPS) is 20.7. The van der Waals surface area contributed by atoms with Gasteiger partial charge in [-0.2, -0.15) is 0 Å². The zero-order valence-electron chi connectivity index (χ0n) is 18.1. The maximum absolute atomic E-state index is 13.0. The summed E-state index contributed by atoms with van der Waals surface area (Å²) in [6.07, 6.45) is 1.97. The number of hydrogen-bond donors (Lipinski definition) is 2. The molecule has 1 aromatic carbocycles. The third-order valence-corrected chi connectivity index (χ3v) is 6.37. The zero-order chi connectivity index (χ0) is 23.6. The van der Waals surface area contributed by atoms with Crippen molar-refractivity contribution in [1.82, 2.24) is 15.5 Å². The Morgan fingerprint density at radius 1 is 1.23 bits per heavy atom. The lowest BCUT2D eigenvalue weighted by Gasteiger charge is -2.28. The van der Waals surface area contributed by atoms with Crippen LogP contribution in [0.1, 0.15) is 39.2 Å². The van der Waals surface area contributed by atoms with Crippen LogP contribution >= 0.6 is 0 Å². The van der Waals surface area contributed by atoms with Gasteiger partial charge in [-0.15, -0.1) is 0 Å². The van der Waals surface area contributed by atoms with Crippen molar-refractivity contribution in [2.45, 2.75) is 49.6 Å². The molecular weight excluding hydrogens is 426 g/mol. The van der Waals surface area contributed by atoms with Gasteiger partial charge in [-0.05, 0) is 38.0 Å². The van der Waals surface area contributed by atoms with Gasteiger partial charge in [-0.3, -0.25) is 14.5 Å². The van der Waals surface area contributed by atoms with E-state index >= 15 is 0 Å². The van der Waals surface area contributed by atoms with E-state index in [-0.39, 0.29) is 4.90 Å². The molecule has 1 saturated heterocycles. The standard InChI is InChI=1S/C20H27N3O7S/c1-6-11-19(2,17(26)30-4)21-15(24)12-23-16(25)20(3,22-18(23)27)13-7-9-14(10-8-13)31(5,28)29/h7-10H,6,11-12H2,1-5H3,(H,21,24)(H,22,27)/t19-,20-/m0/s1. The van der Waals surface area contributed by atoms with Gasteiger partial charge in [-0.25, -0.2) is 18.0 Å². The smallest absolute Gasteiger partial charge is 0.331 e. The van der Waals surface area contributed by atoms with Gasteiger partial charge in [0.15, 0.2) is 9.84 Å². The molecule has 2 rings (SSSR count). The van der Waals surface area contributed by atoms with E-state index in [4.69, 9.17) is 4.74 Å². The number of imide groups is 1. The molecule has 1 fully saturated rings. The highest BCUT2D eigenvalue weighted by Gasteiger charge is 2.50. The highest BCUT2D eigenvalue weighted by molar-refractivity contribution is 7.90. The van der Waals surface area contributed by atoms with Crippen molar-refractivity contribution < 1.29 is 32.3 Å². The van der Waals surface area contributed by atoms with E-state index in [1.165, 1.54) is 45.2 Å². The van der Waals surface area contributed by atoms with E-state index in [0.717, 1.165) is 11.2 Å². The fourth-order valence-corrected chi connectivity index (χ4v) is 4.13. The molecule has 0 radical (unpaired) electrons. The quantitative estimate of drug-likeness (QED) is 0.436. The summed E-state index contributed by atoms with van der Waals surface area (Å²) in [6, 6.07) is 4.79. The molecule has 31 heavy (non-hydrogen) atoms. The molecular formula is C20H27N3O7S. The van der Waals surface area contributed by atoms with Crippen LogP contribution in [0.2, 0.25) is 0 Å². The summed E-state index contributed by atoms with van der Waals surface area (Å²) in [7, 11) is -2.21.